The Bertz CT molecular complexity index is 326. The summed E-state index contributed by atoms with van der Waals surface area (Å²) in [5.74, 6) is 0.811. The van der Waals surface area contributed by atoms with Gasteiger partial charge in [0.25, 0.3) is 0 Å². The van der Waals surface area contributed by atoms with Crippen LogP contribution >= 0.6 is 11.6 Å². The van der Waals surface area contributed by atoms with Gasteiger partial charge < -0.3 is 10.1 Å². The second kappa shape index (κ2) is 4.81. The van der Waals surface area contributed by atoms with Gasteiger partial charge in [0.05, 0.1) is 12.1 Å². The highest BCUT2D eigenvalue weighted by Gasteiger charge is 2.22. The third-order valence-electron chi connectivity index (χ3n) is 2.61. The van der Waals surface area contributed by atoms with E-state index in [0.717, 1.165) is 25.3 Å². The van der Waals surface area contributed by atoms with Crippen molar-refractivity contribution in [3.8, 4) is 0 Å². The van der Waals surface area contributed by atoms with Crippen LogP contribution in [0.2, 0.25) is 5.15 Å². The Morgan fingerprint density at radius 2 is 2.47 bits per heavy atom. The number of nitrogens with zero attached hydrogens (tertiary/aromatic N) is 1. The number of hydrogen-bond donors (Lipinski definition) is 1. The molecule has 1 saturated heterocycles. The van der Waals surface area contributed by atoms with Gasteiger partial charge >= 0.3 is 0 Å². The summed E-state index contributed by atoms with van der Waals surface area (Å²) in [7, 11) is 0. The molecule has 2 atom stereocenters. The Labute approximate surface area is 94.8 Å². The molecule has 1 aliphatic heterocycles. The Balaban J connectivity index is 1.95. The first kappa shape index (κ1) is 10.7. The lowest BCUT2D eigenvalue weighted by atomic mass is 10.1. The maximum absolute atomic E-state index is 5.81. The van der Waals surface area contributed by atoms with Crippen molar-refractivity contribution < 1.29 is 4.74 Å². The minimum atomic E-state index is 0.276. The van der Waals surface area contributed by atoms with Gasteiger partial charge in [-0.2, -0.15) is 0 Å². The van der Waals surface area contributed by atoms with Crippen molar-refractivity contribution in [2.24, 2.45) is 0 Å². The van der Waals surface area contributed by atoms with Crippen molar-refractivity contribution in [2.45, 2.75) is 31.9 Å². The summed E-state index contributed by atoms with van der Waals surface area (Å²) in [5.41, 5.74) is 0. The number of hydrogen-bond acceptors (Lipinski definition) is 3. The van der Waals surface area contributed by atoms with Gasteiger partial charge in [-0.1, -0.05) is 17.7 Å². The number of pyridine rings is 1. The molecule has 0 saturated carbocycles. The van der Waals surface area contributed by atoms with Crippen LogP contribution in [-0.2, 0) is 4.74 Å². The topological polar surface area (TPSA) is 34.2 Å². The summed E-state index contributed by atoms with van der Waals surface area (Å²) in [6, 6.07) is 5.85. The lowest BCUT2D eigenvalue weighted by molar-refractivity contribution is 0.0995. The van der Waals surface area contributed by atoms with Crippen LogP contribution in [0.3, 0.4) is 0 Å². The minimum absolute atomic E-state index is 0.276. The van der Waals surface area contributed by atoms with E-state index in [2.05, 4.69) is 17.2 Å². The van der Waals surface area contributed by atoms with E-state index in [1.807, 2.05) is 12.1 Å². The second-order valence-corrected chi connectivity index (χ2v) is 4.22. The van der Waals surface area contributed by atoms with E-state index in [1.165, 1.54) is 0 Å². The van der Waals surface area contributed by atoms with Crippen LogP contribution < -0.4 is 5.32 Å². The van der Waals surface area contributed by atoms with Crippen molar-refractivity contribution in [2.75, 3.05) is 11.9 Å². The number of anilines is 1. The second-order valence-electron chi connectivity index (χ2n) is 3.83. The molecule has 1 aliphatic rings. The van der Waals surface area contributed by atoms with Crippen molar-refractivity contribution >= 4 is 17.4 Å². The van der Waals surface area contributed by atoms with E-state index in [1.54, 1.807) is 6.07 Å². The van der Waals surface area contributed by atoms with Gasteiger partial charge in [0.2, 0.25) is 0 Å². The molecule has 0 amide bonds. The number of ether oxygens (including phenoxy) is 1. The van der Waals surface area contributed by atoms with Gasteiger partial charge in [0.1, 0.15) is 11.0 Å². The predicted molar refractivity (Wildman–Crippen MR) is 61.3 cm³/mol. The highest BCUT2D eigenvalue weighted by Crippen LogP contribution is 2.18. The molecule has 0 bridgehead atoms. The number of halogens is 1. The zero-order valence-corrected chi connectivity index (χ0v) is 9.50. The molecule has 1 fully saturated rings. The van der Waals surface area contributed by atoms with Crippen molar-refractivity contribution in [3.05, 3.63) is 23.4 Å². The summed E-state index contributed by atoms with van der Waals surface area (Å²) in [6.45, 7) is 2.98. The average molecular weight is 227 g/mol. The van der Waals surface area contributed by atoms with Crippen LogP contribution in [0.4, 0.5) is 5.82 Å². The van der Waals surface area contributed by atoms with Gasteiger partial charge in [0.15, 0.2) is 0 Å². The summed E-state index contributed by atoms with van der Waals surface area (Å²) in [6.07, 6.45) is 2.57. The summed E-state index contributed by atoms with van der Waals surface area (Å²) >= 11 is 5.81. The Kier molecular flexibility index (Phi) is 3.44. The van der Waals surface area contributed by atoms with Crippen LogP contribution in [0.5, 0.6) is 0 Å². The van der Waals surface area contributed by atoms with Gasteiger partial charge in [0, 0.05) is 6.61 Å². The normalized spacial score (nSPS) is 22.7. The third-order valence-corrected chi connectivity index (χ3v) is 2.82. The van der Waals surface area contributed by atoms with Crippen molar-refractivity contribution in [3.63, 3.8) is 0 Å². The molecule has 1 aromatic rings. The van der Waals surface area contributed by atoms with Crippen LogP contribution in [0.15, 0.2) is 18.2 Å². The maximum Gasteiger partial charge on any atom is 0.131 e. The van der Waals surface area contributed by atoms with E-state index >= 15 is 0 Å². The third kappa shape index (κ3) is 2.83. The smallest absolute Gasteiger partial charge is 0.131 e. The molecule has 1 N–H and O–H groups in total. The largest absolute Gasteiger partial charge is 0.376 e. The highest BCUT2D eigenvalue weighted by molar-refractivity contribution is 6.29. The fourth-order valence-corrected chi connectivity index (χ4v) is 1.98. The molecule has 2 unspecified atom stereocenters. The quantitative estimate of drug-likeness (QED) is 0.805. The Hall–Kier alpha value is -0.800. The molecule has 0 aliphatic carbocycles. The molecular formula is C11H15ClN2O. The first-order valence-corrected chi connectivity index (χ1v) is 5.64. The maximum atomic E-state index is 5.81. The average Bonchev–Trinajstić information content (AvgIpc) is 2.70. The summed E-state index contributed by atoms with van der Waals surface area (Å²) in [4.78, 5) is 4.18. The predicted octanol–water partition coefficient (Wildman–Crippen LogP) is 2.71. The fourth-order valence-electron chi connectivity index (χ4n) is 1.81. The summed E-state index contributed by atoms with van der Waals surface area (Å²) < 4.78 is 5.59. The minimum Gasteiger partial charge on any atom is -0.376 e. The molecule has 2 rings (SSSR count). The molecule has 4 heteroatoms. The van der Waals surface area contributed by atoms with Crippen LogP contribution in [-0.4, -0.2) is 23.7 Å². The standard InChI is InChI=1S/C11H15ClN2O/c1-8(9-4-3-7-15-9)13-11-6-2-5-10(12)14-11/h2,5-6,8-9H,3-4,7H2,1H3,(H,13,14). The summed E-state index contributed by atoms with van der Waals surface area (Å²) in [5, 5.41) is 3.82. The molecule has 0 spiro atoms. The first-order chi connectivity index (χ1) is 7.25. The van der Waals surface area contributed by atoms with E-state index in [0.29, 0.717) is 11.3 Å². The fraction of sp³-hybridized carbons (Fsp3) is 0.545. The highest BCUT2D eigenvalue weighted by atomic mass is 35.5. The van der Waals surface area contributed by atoms with E-state index in [9.17, 15) is 0 Å². The molecule has 0 aromatic carbocycles. The van der Waals surface area contributed by atoms with E-state index < -0.39 is 0 Å². The van der Waals surface area contributed by atoms with Crippen LogP contribution in [0.25, 0.3) is 0 Å². The van der Waals surface area contributed by atoms with Crippen LogP contribution in [0.1, 0.15) is 19.8 Å². The molecule has 1 aromatic heterocycles. The van der Waals surface area contributed by atoms with Gasteiger partial charge in [-0.3, -0.25) is 0 Å². The number of rotatable bonds is 3. The van der Waals surface area contributed by atoms with Gasteiger partial charge in [-0.15, -0.1) is 0 Å². The Morgan fingerprint density at radius 3 is 3.13 bits per heavy atom. The lowest BCUT2D eigenvalue weighted by Gasteiger charge is -2.20. The lowest BCUT2D eigenvalue weighted by Crippen LogP contribution is -2.30. The monoisotopic (exact) mass is 226 g/mol. The molecule has 0 radical (unpaired) electrons. The number of nitrogens with one attached hydrogen (secondary N) is 1. The van der Waals surface area contributed by atoms with Crippen molar-refractivity contribution in [1.29, 1.82) is 0 Å². The van der Waals surface area contributed by atoms with Crippen LogP contribution in [0, 0.1) is 0 Å². The zero-order chi connectivity index (χ0) is 10.7. The first-order valence-electron chi connectivity index (χ1n) is 5.26. The molecule has 82 valence electrons. The van der Waals surface area contributed by atoms with Gasteiger partial charge in [-0.05, 0) is 31.9 Å². The molecular weight excluding hydrogens is 212 g/mol. The Morgan fingerprint density at radius 1 is 1.60 bits per heavy atom. The molecule has 15 heavy (non-hydrogen) atoms. The van der Waals surface area contributed by atoms with E-state index in [4.69, 9.17) is 16.3 Å². The molecule has 3 nitrogen and oxygen atoms in total. The SMILES string of the molecule is CC(Nc1cccc(Cl)n1)C1CCCO1. The van der Waals surface area contributed by atoms with E-state index in [-0.39, 0.29) is 6.04 Å². The van der Waals surface area contributed by atoms with Crippen molar-refractivity contribution in [1.82, 2.24) is 4.98 Å². The molecule has 2 heterocycles. The van der Waals surface area contributed by atoms with Gasteiger partial charge in [-0.25, -0.2) is 4.98 Å². The number of aromatic nitrogens is 1. The zero-order valence-electron chi connectivity index (χ0n) is 8.74.